The molecule has 6 nitrogen and oxygen atoms in total. The number of hydrogen-bond donors (Lipinski definition) is 1. The number of aromatic nitrogens is 2. The van der Waals surface area contributed by atoms with Crippen LogP contribution in [0.3, 0.4) is 0 Å². The molecular weight excluding hydrogens is 347 g/mol. The Morgan fingerprint density at radius 3 is 2.85 bits per heavy atom. The first kappa shape index (κ1) is 17.7. The Bertz CT molecular complexity index is 880. The molecule has 2 saturated heterocycles. The van der Waals surface area contributed by atoms with Gasteiger partial charge in [-0.15, -0.1) is 0 Å². The van der Waals surface area contributed by atoms with Crippen molar-refractivity contribution in [3.8, 4) is 0 Å². The molecule has 2 amide bonds. The van der Waals surface area contributed by atoms with E-state index >= 15 is 0 Å². The van der Waals surface area contributed by atoms with E-state index in [9.17, 15) is 14.0 Å². The van der Waals surface area contributed by atoms with Crippen LogP contribution in [0.2, 0.25) is 0 Å². The Morgan fingerprint density at radius 1 is 1.30 bits per heavy atom. The molecule has 0 bridgehead atoms. The molecule has 0 saturated carbocycles. The summed E-state index contributed by atoms with van der Waals surface area (Å²) in [5.41, 5.74) is 1.27. The average molecular weight is 370 g/mol. The second-order valence-electron chi connectivity index (χ2n) is 7.59. The second kappa shape index (κ2) is 6.79. The third-order valence-corrected chi connectivity index (χ3v) is 5.84. The van der Waals surface area contributed by atoms with Gasteiger partial charge in [0.25, 0.3) is 5.91 Å². The molecule has 1 atom stereocenters. The van der Waals surface area contributed by atoms with E-state index in [1.54, 1.807) is 28.0 Å². The molecular formula is C20H23FN4O2. The van der Waals surface area contributed by atoms with Gasteiger partial charge in [0.2, 0.25) is 5.91 Å². The van der Waals surface area contributed by atoms with E-state index in [-0.39, 0.29) is 24.2 Å². The van der Waals surface area contributed by atoms with Crippen molar-refractivity contribution in [2.45, 2.75) is 32.7 Å². The minimum absolute atomic E-state index is 0.0382. The summed E-state index contributed by atoms with van der Waals surface area (Å²) in [5, 5.41) is 6.70. The molecule has 1 N–H and O–H groups in total. The quantitative estimate of drug-likeness (QED) is 0.903. The van der Waals surface area contributed by atoms with Crippen LogP contribution in [-0.4, -0.2) is 51.4 Å². The highest BCUT2D eigenvalue weighted by atomic mass is 19.1. The number of likely N-dealkylation sites (tertiary alicyclic amines) is 2. The summed E-state index contributed by atoms with van der Waals surface area (Å²) in [6.45, 7) is 3.70. The molecule has 2 aromatic rings. The van der Waals surface area contributed by atoms with Crippen molar-refractivity contribution in [1.29, 1.82) is 0 Å². The van der Waals surface area contributed by atoms with Gasteiger partial charge in [-0.1, -0.05) is 18.2 Å². The Morgan fingerprint density at radius 2 is 2.11 bits per heavy atom. The lowest BCUT2D eigenvalue weighted by Gasteiger charge is -2.39. The van der Waals surface area contributed by atoms with Crippen molar-refractivity contribution >= 4 is 11.8 Å². The first-order chi connectivity index (χ1) is 13.0. The van der Waals surface area contributed by atoms with Crippen LogP contribution in [0.15, 0.2) is 30.5 Å². The van der Waals surface area contributed by atoms with E-state index in [0.29, 0.717) is 37.2 Å². The van der Waals surface area contributed by atoms with Crippen LogP contribution in [0.4, 0.5) is 4.39 Å². The fourth-order valence-corrected chi connectivity index (χ4v) is 4.30. The number of hydrogen-bond acceptors (Lipinski definition) is 3. The number of aromatic amines is 1. The van der Waals surface area contributed by atoms with Crippen LogP contribution < -0.4 is 0 Å². The number of amides is 2. The molecule has 3 heterocycles. The summed E-state index contributed by atoms with van der Waals surface area (Å²) in [6, 6.07) is 6.57. The zero-order valence-electron chi connectivity index (χ0n) is 15.4. The van der Waals surface area contributed by atoms with Crippen molar-refractivity contribution in [3.63, 3.8) is 0 Å². The molecule has 2 fully saturated rings. The minimum Gasteiger partial charge on any atom is -0.338 e. The number of piperidine rings is 1. The predicted molar refractivity (Wildman–Crippen MR) is 97.3 cm³/mol. The number of carbonyl (C=O) groups excluding carboxylic acids is 2. The van der Waals surface area contributed by atoms with Crippen LogP contribution in [-0.2, 0) is 11.3 Å². The number of halogens is 1. The number of nitrogens with zero attached hydrogens (tertiary/aromatic N) is 3. The van der Waals surface area contributed by atoms with Crippen molar-refractivity contribution in [2.75, 3.05) is 19.6 Å². The van der Waals surface area contributed by atoms with Gasteiger partial charge in [-0.05, 0) is 32.3 Å². The third-order valence-electron chi connectivity index (χ3n) is 5.84. The molecule has 0 aliphatic carbocycles. The van der Waals surface area contributed by atoms with Gasteiger partial charge in [0.05, 0.1) is 17.2 Å². The van der Waals surface area contributed by atoms with Crippen LogP contribution in [0.25, 0.3) is 0 Å². The Balaban J connectivity index is 1.50. The lowest BCUT2D eigenvalue weighted by atomic mass is 9.78. The zero-order valence-corrected chi connectivity index (χ0v) is 15.4. The van der Waals surface area contributed by atoms with Gasteiger partial charge in [0, 0.05) is 37.4 Å². The highest BCUT2D eigenvalue weighted by molar-refractivity contribution is 5.96. The molecule has 1 aromatic carbocycles. The first-order valence-electron chi connectivity index (χ1n) is 9.32. The normalized spacial score (nSPS) is 22.7. The first-order valence-corrected chi connectivity index (χ1v) is 9.32. The molecule has 0 radical (unpaired) electrons. The van der Waals surface area contributed by atoms with Gasteiger partial charge in [0.15, 0.2) is 0 Å². The summed E-state index contributed by atoms with van der Waals surface area (Å²) in [5.74, 6) is -0.336. The summed E-state index contributed by atoms with van der Waals surface area (Å²) < 4.78 is 14.0. The molecule has 1 spiro atoms. The van der Waals surface area contributed by atoms with Gasteiger partial charge >= 0.3 is 0 Å². The van der Waals surface area contributed by atoms with Gasteiger partial charge in [-0.25, -0.2) is 4.39 Å². The molecule has 4 rings (SSSR count). The van der Waals surface area contributed by atoms with Crippen molar-refractivity contribution < 1.29 is 14.0 Å². The SMILES string of the molecule is Cc1[nH]ncc1C(=O)N1CC[C@@]2(CCCN(Cc3ccccc3F)C2=O)C1. The maximum absolute atomic E-state index is 14.0. The van der Waals surface area contributed by atoms with Crippen LogP contribution >= 0.6 is 0 Å². The topological polar surface area (TPSA) is 69.3 Å². The lowest BCUT2D eigenvalue weighted by Crippen LogP contribution is -2.50. The number of aryl methyl sites for hydroxylation is 1. The molecule has 2 aliphatic rings. The third kappa shape index (κ3) is 3.11. The molecule has 0 unspecified atom stereocenters. The number of carbonyl (C=O) groups is 2. The predicted octanol–water partition coefficient (Wildman–Crippen LogP) is 2.51. The average Bonchev–Trinajstić information content (AvgIpc) is 3.28. The molecule has 142 valence electrons. The number of rotatable bonds is 3. The van der Waals surface area contributed by atoms with Crippen LogP contribution in [0, 0.1) is 18.2 Å². The Hall–Kier alpha value is -2.70. The fraction of sp³-hybridized carbons (Fsp3) is 0.450. The van der Waals surface area contributed by atoms with E-state index in [4.69, 9.17) is 0 Å². The maximum Gasteiger partial charge on any atom is 0.257 e. The summed E-state index contributed by atoms with van der Waals surface area (Å²) in [7, 11) is 0. The van der Waals surface area contributed by atoms with Gasteiger partial charge in [-0.2, -0.15) is 5.10 Å². The summed E-state index contributed by atoms with van der Waals surface area (Å²) in [6.07, 6.45) is 3.83. The summed E-state index contributed by atoms with van der Waals surface area (Å²) >= 11 is 0. The van der Waals surface area contributed by atoms with E-state index in [1.165, 1.54) is 12.3 Å². The zero-order chi connectivity index (χ0) is 19.0. The Labute approximate surface area is 157 Å². The van der Waals surface area contributed by atoms with Crippen molar-refractivity contribution in [3.05, 3.63) is 53.1 Å². The molecule has 2 aliphatic heterocycles. The van der Waals surface area contributed by atoms with E-state index in [2.05, 4.69) is 10.2 Å². The maximum atomic E-state index is 14.0. The monoisotopic (exact) mass is 370 g/mol. The largest absolute Gasteiger partial charge is 0.338 e. The van der Waals surface area contributed by atoms with Crippen molar-refractivity contribution in [2.24, 2.45) is 5.41 Å². The van der Waals surface area contributed by atoms with Crippen LogP contribution in [0.5, 0.6) is 0 Å². The standard InChI is InChI=1S/C20H23FN4O2/c1-14-16(11-22-23-14)18(26)25-10-8-20(13-25)7-4-9-24(19(20)27)12-15-5-2-3-6-17(15)21/h2-3,5-6,11H,4,7-10,12-13H2,1H3,(H,22,23)/t20-/m0/s1. The Kier molecular flexibility index (Phi) is 4.45. The number of benzene rings is 1. The van der Waals surface area contributed by atoms with E-state index in [0.717, 1.165) is 18.5 Å². The molecule has 7 heteroatoms. The number of H-pyrrole nitrogens is 1. The lowest BCUT2D eigenvalue weighted by molar-refractivity contribution is -0.146. The number of nitrogens with one attached hydrogen (secondary N) is 1. The van der Waals surface area contributed by atoms with E-state index < -0.39 is 5.41 Å². The van der Waals surface area contributed by atoms with Crippen LogP contribution in [0.1, 0.15) is 40.9 Å². The molecule has 27 heavy (non-hydrogen) atoms. The fourth-order valence-electron chi connectivity index (χ4n) is 4.30. The van der Waals surface area contributed by atoms with Gasteiger partial charge in [0.1, 0.15) is 5.82 Å². The molecule has 1 aromatic heterocycles. The summed E-state index contributed by atoms with van der Waals surface area (Å²) in [4.78, 5) is 29.5. The van der Waals surface area contributed by atoms with Crippen molar-refractivity contribution in [1.82, 2.24) is 20.0 Å². The highest BCUT2D eigenvalue weighted by Crippen LogP contribution is 2.41. The second-order valence-corrected chi connectivity index (χ2v) is 7.59. The smallest absolute Gasteiger partial charge is 0.257 e. The minimum atomic E-state index is -0.545. The highest BCUT2D eigenvalue weighted by Gasteiger charge is 2.49. The van der Waals surface area contributed by atoms with Gasteiger partial charge in [-0.3, -0.25) is 14.7 Å². The van der Waals surface area contributed by atoms with E-state index in [1.807, 2.05) is 6.92 Å². The van der Waals surface area contributed by atoms with Gasteiger partial charge < -0.3 is 9.80 Å².